The van der Waals surface area contributed by atoms with Gasteiger partial charge in [0, 0.05) is 6.61 Å². The summed E-state index contributed by atoms with van der Waals surface area (Å²) in [5.74, 6) is 0.197. The van der Waals surface area contributed by atoms with Crippen molar-refractivity contribution < 1.29 is 14.6 Å². The van der Waals surface area contributed by atoms with E-state index in [2.05, 4.69) is 0 Å². The molecule has 0 saturated carbocycles. The zero-order valence-corrected chi connectivity index (χ0v) is 9.35. The topological polar surface area (TPSA) is 72.5 Å². The minimum atomic E-state index is -0.993. The molecular formula is C12H17NO3. The van der Waals surface area contributed by atoms with Gasteiger partial charge in [-0.05, 0) is 31.0 Å². The number of carbonyl (C=O) groups excluding carboxylic acids is 1. The van der Waals surface area contributed by atoms with E-state index in [9.17, 15) is 4.79 Å². The highest BCUT2D eigenvalue weighted by Gasteiger charge is 2.24. The van der Waals surface area contributed by atoms with E-state index in [1.54, 1.807) is 24.3 Å². The third-order valence-electron chi connectivity index (χ3n) is 2.28. The van der Waals surface area contributed by atoms with Gasteiger partial charge in [0.05, 0.1) is 12.1 Å². The van der Waals surface area contributed by atoms with Crippen molar-refractivity contribution in [3.8, 4) is 5.75 Å². The Balaban J connectivity index is 2.68. The van der Waals surface area contributed by atoms with Gasteiger partial charge in [0.2, 0.25) is 0 Å². The molecule has 0 radical (unpaired) electrons. The Bertz CT molecular complexity index is 337. The second-order valence-corrected chi connectivity index (χ2v) is 3.83. The highest BCUT2D eigenvalue weighted by molar-refractivity contribution is 5.65. The van der Waals surface area contributed by atoms with Crippen LogP contribution < -0.4 is 5.73 Å². The van der Waals surface area contributed by atoms with Gasteiger partial charge in [-0.15, -0.1) is 0 Å². The van der Waals surface area contributed by atoms with Crippen LogP contribution in [0.2, 0.25) is 0 Å². The van der Waals surface area contributed by atoms with Gasteiger partial charge >= 0.3 is 0 Å². The van der Waals surface area contributed by atoms with Crippen LogP contribution in [-0.2, 0) is 16.0 Å². The fourth-order valence-electron chi connectivity index (χ4n) is 1.41. The lowest BCUT2D eigenvalue weighted by molar-refractivity contribution is -0.114. The molecule has 3 N–H and O–H groups in total. The quantitative estimate of drug-likeness (QED) is 0.702. The summed E-state index contributed by atoms with van der Waals surface area (Å²) in [6.45, 7) is 2.59. The van der Waals surface area contributed by atoms with Gasteiger partial charge in [0.1, 0.15) is 12.0 Å². The van der Waals surface area contributed by atoms with Crippen LogP contribution in [0.1, 0.15) is 12.5 Å². The van der Waals surface area contributed by atoms with Crippen LogP contribution in [0.25, 0.3) is 0 Å². The second-order valence-electron chi connectivity index (χ2n) is 3.83. The number of rotatable bonds is 6. The van der Waals surface area contributed by atoms with E-state index < -0.39 is 5.54 Å². The molecule has 0 aliphatic heterocycles. The van der Waals surface area contributed by atoms with E-state index in [0.29, 0.717) is 13.0 Å². The molecule has 16 heavy (non-hydrogen) atoms. The summed E-state index contributed by atoms with van der Waals surface area (Å²) in [7, 11) is 0. The fourth-order valence-corrected chi connectivity index (χ4v) is 1.41. The van der Waals surface area contributed by atoms with E-state index in [0.717, 1.165) is 11.8 Å². The predicted molar refractivity (Wildman–Crippen MR) is 61.3 cm³/mol. The Kier molecular flexibility index (Phi) is 4.46. The maximum absolute atomic E-state index is 10.9. The lowest BCUT2D eigenvalue weighted by Gasteiger charge is -2.22. The molecule has 0 aromatic heterocycles. The average molecular weight is 223 g/mol. The molecule has 0 unspecified atom stereocenters. The number of hydrogen-bond donors (Lipinski definition) is 2. The molecule has 0 aliphatic rings. The molecule has 1 atom stereocenters. The molecule has 0 spiro atoms. The molecule has 88 valence electrons. The first-order chi connectivity index (χ1) is 7.59. The van der Waals surface area contributed by atoms with E-state index in [1.165, 1.54) is 0 Å². The van der Waals surface area contributed by atoms with Gasteiger partial charge in [0.25, 0.3) is 0 Å². The summed E-state index contributed by atoms with van der Waals surface area (Å²) < 4.78 is 5.18. The molecule has 0 saturated heterocycles. The fraction of sp³-hybridized carbons (Fsp3) is 0.417. The molecule has 0 amide bonds. The van der Waals surface area contributed by atoms with E-state index in [-0.39, 0.29) is 12.4 Å². The standard InChI is InChI=1S/C12H17NO3/c1-2-16-9-12(13,8-14)7-10-3-5-11(15)6-4-10/h3-6,8,15H,2,7,9,13H2,1H3/t12-/m0/s1. The monoisotopic (exact) mass is 223 g/mol. The summed E-state index contributed by atoms with van der Waals surface area (Å²) in [6, 6.07) is 6.63. The lowest BCUT2D eigenvalue weighted by Crippen LogP contribution is -2.48. The van der Waals surface area contributed by atoms with Crippen LogP contribution >= 0.6 is 0 Å². The maximum Gasteiger partial charge on any atom is 0.142 e. The molecule has 0 heterocycles. The number of ether oxygens (including phenoxy) is 1. The zero-order chi connectivity index (χ0) is 12.0. The predicted octanol–water partition coefficient (Wildman–Crippen LogP) is 0.868. The van der Waals surface area contributed by atoms with Crippen molar-refractivity contribution in [3.63, 3.8) is 0 Å². The summed E-state index contributed by atoms with van der Waals surface area (Å²) in [5, 5.41) is 9.13. The molecule has 0 bridgehead atoms. The Morgan fingerprint density at radius 1 is 1.44 bits per heavy atom. The Hall–Kier alpha value is -1.39. The third kappa shape index (κ3) is 3.64. The van der Waals surface area contributed by atoms with Crippen LogP contribution in [0.3, 0.4) is 0 Å². The first kappa shape index (κ1) is 12.7. The van der Waals surface area contributed by atoms with Gasteiger partial charge in [-0.2, -0.15) is 0 Å². The zero-order valence-electron chi connectivity index (χ0n) is 9.35. The Labute approximate surface area is 95.0 Å². The van der Waals surface area contributed by atoms with Gasteiger partial charge in [-0.3, -0.25) is 0 Å². The number of benzene rings is 1. The van der Waals surface area contributed by atoms with E-state index in [1.807, 2.05) is 6.92 Å². The number of aldehydes is 1. The molecule has 0 fully saturated rings. The third-order valence-corrected chi connectivity index (χ3v) is 2.28. The molecule has 1 aromatic rings. The second kappa shape index (κ2) is 5.63. The Morgan fingerprint density at radius 2 is 2.06 bits per heavy atom. The number of aromatic hydroxyl groups is 1. The van der Waals surface area contributed by atoms with Crippen molar-refractivity contribution in [3.05, 3.63) is 29.8 Å². The van der Waals surface area contributed by atoms with E-state index >= 15 is 0 Å². The van der Waals surface area contributed by atoms with Gasteiger partial charge in [0.15, 0.2) is 0 Å². The molecule has 4 heteroatoms. The van der Waals surface area contributed by atoms with Gasteiger partial charge in [-0.25, -0.2) is 0 Å². The maximum atomic E-state index is 10.9. The van der Waals surface area contributed by atoms with Gasteiger partial charge < -0.3 is 20.4 Å². The van der Waals surface area contributed by atoms with Crippen molar-refractivity contribution >= 4 is 6.29 Å². The Morgan fingerprint density at radius 3 is 2.56 bits per heavy atom. The first-order valence-electron chi connectivity index (χ1n) is 5.20. The number of carbonyl (C=O) groups is 1. The number of hydrogen-bond acceptors (Lipinski definition) is 4. The van der Waals surface area contributed by atoms with Crippen LogP contribution in [0.15, 0.2) is 24.3 Å². The number of phenols is 1. The average Bonchev–Trinajstić information content (AvgIpc) is 2.30. The van der Waals surface area contributed by atoms with Crippen molar-refractivity contribution in [2.24, 2.45) is 5.73 Å². The summed E-state index contributed by atoms with van der Waals surface area (Å²) in [4.78, 5) is 10.9. The molecule has 0 aliphatic carbocycles. The van der Waals surface area contributed by atoms with Crippen LogP contribution in [0.4, 0.5) is 0 Å². The SMILES string of the molecule is CCOC[C@@](N)(C=O)Cc1ccc(O)cc1. The minimum Gasteiger partial charge on any atom is -0.508 e. The van der Waals surface area contributed by atoms with Crippen molar-refractivity contribution in [2.45, 2.75) is 18.9 Å². The minimum absolute atomic E-state index is 0.197. The smallest absolute Gasteiger partial charge is 0.142 e. The highest BCUT2D eigenvalue weighted by atomic mass is 16.5. The van der Waals surface area contributed by atoms with Crippen molar-refractivity contribution in [1.82, 2.24) is 0 Å². The molecular weight excluding hydrogens is 206 g/mol. The summed E-state index contributed by atoms with van der Waals surface area (Å²) >= 11 is 0. The first-order valence-corrected chi connectivity index (χ1v) is 5.20. The number of phenolic OH excluding ortho intramolecular Hbond substituents is 1. The highest BCUT2D eigenvalue weighted by Crippen LogP contribution is 2.14. The molecule has 1 rings (SSSR count). The van der Waals surface area contributed by atoms with E-state index in [4.69, 9.17) is 15.6 Å². The van der Waals surface area contributed by atoms with Crippen molar-refractivity contribution in [1.29, 1.82) is 0 Å². The van der Waals surface area contributed by atoms with Crippen molar-refractivity contribution in [2.75, 3.05) is 13.2 Å². The van der Waals surface area contributed by atoms with Crippen LogP contribution in [-0.4, -0.2) is 30.1 Å². The molecule has 4 nitrogen and oxygen atoms in total. The summed E-state index contributed by atoms with van der Waals surface area (Å²) in [6.07, 6.45) is 1.12. The molecule has 1 aromatic carbocycles. The summed E-state index contributed by atoms with van der Waals surface area (Å²) in [5.41, 5.74) is 5.80. The lowest BCUT2D eigenvalue weighted by atomic mass is 9.94. The largest absolute Gasteiger partial charge is 0.508 e. The van der Waals surface area contributed by atoms with Crippen LogP contribution in [0, 0.1) is 0 Å². The van der Waals surface area contributed by atoms with Crippen LogP contribution in [0.5, 0.6) is 5.75 Å². The number of nitrogens with two attached hydrogens (primary N) is 1. The van der Waals surface area contributed by atoms with Gasteiger partial charge in [-0.1, -0.05) is 12.1 Å². The normalized spacial score (nSPS) is 14.4.